The van der Waals surface area contributed by atoms with Crippen LogP contribution in [0, 0.1) is 10.1 Å². The molecule has 2 N–H and O–H groups in total. The number of ether oxygens (including phenoxy) is 1. The van der Waals surface area contributed by atoms with Crippen molar-refractivity contribution in [1.82, 2.24) is 15.1 Å². The maximum absolute atomic E-state index is 12.2. The molecule has 0 radical (unpaired) electrons. The highest BCUT2D eigenvalue weighted by atomic mass is 16.6. The van der Waals surface area contributed by atoms with Crippen LogP contribution in [0.15, 0.2) is 36.7 Å². The van der Waals surface area contributed by atoms with Gasteiger partial charge in [0.05, 0.1) is 22.4 Å². The summed E-state index contributed by atoms with van der Waals surface area (Å²) in [5, 5.41) is 26.2. The van der Waals surface area contributed by atoms with Gasteiger partial charge in [0.1, 0.15) is 6.04 Å². The molecule has 25 heavy (non-hydrogen) atoms. The number of nitrogens with zero attached hydrogens (tertiary/aromatic N) is 3. The maximum Gasteiger partial charge on any atom is 0.326 e. The zero-order chi connectivity index (χ0) is 18.4. The van der Waals surface area contributed by atoms with E-state index >= 15 is 0 Å². The van der Waals surface area contributed by atoms with Gasteiger partial charge >= 0.3 is 5.97 Å². The van der Waals surface area contributed by atoms with Crippen molar-refractivity contribution >= 4 is 17.6 Å². The number of hydrogen-bond donors (Lipinski definition) is 2. The molecule has 0 fully saturated rings. The van der Waals surface area contributed by atoms with Gasteiger partial charge in [-0.15, -0.1) is 0 Å². The fraction of sp³-hybridized carbons (Fsp3) is 0.267. The van der Waals surface area contributed by atoms with Crippen LogP contribution in [0.25, 0.3) is 5.69 Å². The van der Waals surface area contributed by atoms with Gasteiger partial charge in [-0.3, -0.25) is 14.9 Å². The second-order valence-corrected chi connectivity index (χ2v) is 5.09. The van der Waals surface area contributed by atoms with Gasteiger partial charge in [0.2, 0.25) is 0 Å². The van der Waals surface area contributed by atoms with Crippen molar-refractivity contribution in [1.29, 1.82) is 0 Å². The summed E-state index contributed by atoms with van der Waals surface area (Å²) in [7, 11) is 1.44. The Bertz CT molecular complexity index is 771. The van der Waals surface area contributed by atoms with E-state index < -0.39 is 22.8 Å². The van der Waals surface area contributed by atoms with E-state index in [1.165, 1.54) is 48.5 Å². The molecule has 0 saturated heterocycles. The van der Waals surface area contributed by atoms with E-state index in [1.807, 2.05) is 0 Å². The molecule has 1 aromatic heterocycles. The first-order valence-corrected chi connectivity index (χ1v) is 7.24. The standard InChI is InChI=1S/C15H16N4O6/c1-25-7-6-13(15(21)22)17-14(20)10-8-16-18(9-10)11-2-4-12(5-3-11)19(23)24/h2-5,8-9,13H,6-7H2,1H3,(H,17,20)(H,21,22). The van der Waals surface area contributed by atoms with Crippen molar-refractivity contribution in [3.8, 4) is 5.69 Å². The van der Waals surface area contributed by atoms with E-state index in [2.05, 4.69) is 10.4 Å². The monoisotopic (exact) mass is 348 g/mol. The summed E-state index contributed by atoms with van der Waals surface area (Å²) in [6.45, 7) is 0.194. The molecule has 1 heterocycles. The Morgan fingerprint density at radius 1 is 1.40 bits per heavy atom. The number of hydrogen-bond acceptors (Lipinski definition) is 6. The number of nitro groups is 1. The normalized spacial score (nSPS) is 11.7. The van der Waals surface area contributed by atoms with Crippen LogP contribution in [0.3, 0.4) is 0 Å². The lowest BCUT2D eigenvalue weighted by Crippen LogP contribution is -2.41. The smallest absolute Gasteiger partial charge is 0.326 e. The first kappa shape index (κ1) is 18.1. The topological polar surface area (TPSA) is 137 Å². The van der Waals surface area contributed by atoms with E-state index in [0.717, 1.165) is 0 Å². The molecular weight excluding hydrogens is 332 g/mol. The summed E-state index contributed by atoms with van der Waals surface area (Å²) in [6.07, 6.45) is 2.83. The summed E-state index contributed by atoms with van der Waals surface area (Å²) in [5.74, 6) is -1.75. The molecule has 1 unspecified atom stereocenters. The number of carbonyl (C=O) groups is 2. The molecular formula is C15H16N4O6. The number of nitro benzene ring substituents is 1. The maximum atomic E-state index is 12.2. The second kappa shape index (κ2) is 8.02. The molecule has 0 saturated carbocycles. The van der Waals surface area contributed by atoms with E-state index in [4.69, 9.17) is 9.84 Å². The molecule has 2 aromatic rings. The van der Waals surface area contributed by atoms with Gasteiger partial charge in [-0.2, -0.15) is 5.10 Å². The minimum Gasteiger partial charge on any atom is -0.480 e. The van der Waals surface area contributed by atoms with Crippen LogP contribution in [0.5, 0.6) is 0 Å². The first-order chi connectivity index (χ1) is 11.9. The number of carboxylic acids is 1. The highest BCUT2D eigenvalue weighted by Gasteiger charge is 2.21. The van der Waals surface area contributed by atoms with Gasteiger partial charge in [0.15, 0.2) is 0 Å². The minimum atomic E-state index is -1.16. The van der Waals surface area contributed by atoms with Gasteiger partial charge in [-0.1, -0.05) is 0 Å². The lowest BCUT2D eigenvalue weighted by molar-refractivity contribution is -0.384. The number of aromatic nitrogens is 2. The highest BCUT2D eigenvalue weighted by molar-refractivity contribution is 5.96. The summed E-state index contributed by atoms with van der Waals surface area (Å²) < 4.78 is 6.18. The number of rotatable bonds is 8. The van der Waals surface area contributed by atoms with E-state index in [9.17, 15) is 19.7 Å². The molecule has 1 amide bonds. The molecule has 10 heteroatoms. The molecule has 0 aliphatic carbocycles. The predicted octanol–water partition coefficient (Wildman–Crippen LogP) is 1.000. The zero-order valence-electron chi connectivity index (χ0n) is 13.3. The third-order valence-electron chi connectivity index (χ3n) is 3.38. The summed E-state index contributed by atoms with van der Waals surface area (Å²) in [6, 6.07) is 4.55. The lowest BCUT2D eigenvalue weighted by Gasteiger charge is -2.13. The Morgan fingerprint density at radius 3 is 2.64 bits per heavy atom. The highest BCUT2D eigenvalue weighted by Crippen LogP contribution is 2.15. The second-order valence-electron chi connectivity index (χ2n) is 5.09. The number of carboxylic acid groups (broad SMARTS) is 1. The van der Waals surface area contributed by atoms with Gasteiger partial charge in [0.25, 0.3) is 11.6 Å². The number of benzene rings is 1. The van der Waals surface area contributed by atoms with Crippen molar-refractivity contribution in [2.45, 2.75) is 12.5 Å². The lowest BCUT2D eigenvalue weighted by atomic mass is 10.2. The number of carbonyl (C=O) groups excluding carboxylic acids is 1. The van der Waals surface area contributed by atoms with Crippen molar-refractivity contribution in [3.63, 3.8) is 0 Å². The molecule has 1 aromatic carbocycles. The Hall–Kier alpha value is -3.27. The molecule has 132 valence electrons. The third-order valence-corrected chi connectivity index (χ3v) is 3.38. The van der Waals surface area contributed by atoms with Gasteiger partial charge in [-0.25, -0.2) is 9.48 Å². The number of aliphatic carboxylic acids is 1. The van der Waals surface area contributed by atoms with Crippen molar-refractivity contribution in [2.75, 3.05) is 13.7 Å². The molecule has 1 atom stereocenters. The van der Waals surface area contributed by atoms with E-state index in [1.54, 1.807) is 0 Å². The largest absolute Gasteiger partial charge is 0.480 e. The van der Waals surface area contributed by atoms with Crippen molar-refractivity contribution in [3.05, 3.63) is 52.3 Å². The van der Waals surface area contributed by atoms with Crippen molar-refractivity contribution in [2.24, 2.45) is 0 Å². The van der Waals surface area contributed by atoms with Crippen molar-refractivity contribution < 1.29 is 24.4 Å². The van der Waals surface area contributed by atoms with Crippen LogP contribution in [0.1, 0.15) is 16.8 Å². The van der Waals surface area contributed by atoms with Crippen LogP contribution >= 0.6 is 0 Å². The average Bonchev–Trinajstić information content (AvgIpc) is 3.08. The van der Waals surface area contributed by atoms with Crippen LogP contribution in [-0.4, -0.2) is 51.4 Å². The molecule has 0 aliphatic heterocycles. The average molecular weight is 348 g/mol. The Kier molecular flexibility index (Phi) is 5.79. The Labute approximate surface area is 142 Å². The van der Waals surface area contributed by atoms with Crippen LogP contribution in [0.2, 0.25) is 0 Å². The Balaban J connectivity index is 2.10. The SMILES string of the molecule is COCCC(NC(=O)c1cnn(-c2ccc([N+](=O)[O-])cc2)c1)C(=O)O. The quantitative estimate of drug-likeness (QED) is 0.536. The predicted molar refractivity (Wildman–Crippen MR) is 85.6 cm³/mol. The molecule has 0 spiro atoms. The summed E-state index contributed by atoms with van der Waals surface area (Å²) in [5.41, 5.74) is 0.636. The molecule has 10 nitrogen and oxygen atoms in total. The fourth-order valence-corrected chi connectivity index (χ4v) is 2.04. The Morgan fingerprint density at radius 2 is 2.08 bits per heavy atom. The number of amides is 1. The van der Waals surface area contributed by atoms with Gasteiger partial charge in [0, 0.05) is 38.5 Å². The van der Waals surface area contributed by atoms with Crippen LogP contribution in [0.4, 0.5) is 5.69 Å². The first-order valence-electron chi connectivity index (χ1n) is 7.24. The summed E-state index contributed by atoms with van der Waals surface area (Å²) in [4.78, 5) is 33.4. The number of methoxy groups -OCH3 is 1. The third kappa shape index (κ3) is 4.61. The zero-order valence-corrected chi connectivity index (χ0v) is 13.3. The molecule has 0 bridgehead atoms. The van der Waals surface area contributed by atoms with Crippen LogP contribution < -0.4 is 5.32 Å². The minimum absolute atomic E-state index is 0.0590. The fourth-order valence-electron chi connectivity index (χ4n) is 2.04. The number of nitrogens with one attached hydrogen (secondary N) is 1. The number of non-ortho nitro benzene ring substituents is 1. The molecule has 0 aliphatic rings. The van der Waals surface area contributed by atoms with E-state index in [-0.39, 0.29) is 24.3 Å². The molecule has 2 rings (SSSR count). The van der Waals surface area contributed by atoms with Gasteiger partial charge < -0.3 is 15.2 Å². The summed E-state index contributed by atoms with van der Waals surface area (Å²) >= 11 is 0. The van der Waals surface area contributed by atoms with Crippen LogP contribution in [-0.2, 0) is 9.53 Å². The van der Waals surface area contributed by atoms with Gasteiger partial charge in [-0.05, 0) is 12.1 Å². The van der Waals surface area contributed by atoms with E-state index in [0.29, 0.717) is 5.69 Å².